The van der Waals surface area contributed by atoms with Gasteiger partial charge in [-0.2, -0.15) is 0 Å². The lowest BCUT2D eigenvalue weighted by Gasteiger charge is -2.17. The molecule has 0 aromatic heterocycles. The van der Waals surface area contributed by atoms with Gasteiger partial charge in [0, 0.05) is 8.07 Å². The van der Waals surface area contributed by atoms with Crippen molar-refractivity contribution in [3.8, 4) is 0 Å². The minimum atomic E-state index is -0.700. The molecule has 0 fully saturated rings. The summed E-state index contributed by atoms with van der Waals surface area (Å²) in [5.74, 6) is 0. The van der Waals surface area contributed by atoms with E-state index in [1.54, 1.807) is 5.67 Å². The predicted octanol–water partition coefficient (Wildman–Crippen LogP) is 0.927. The maximum absolute atomic E-state index is 2.45. The quantitative estimate of drug-likeness (QED) is 0.557. The van der Waals surface area contributed by atoms with E-state index in [-0.39, 0.29) is 9.68 Å². The van der Waals surface area contributed by atoms with E-state index in [2.05, 4.69) is 38.3 Å². The maximum atomic E-state index is 2.45. The van der Waals surface area contributed by atoms with Gasteiger partial charge in [-0.15, -0.1) is 0 Å². The van der Waals surface area contributed by atoms with Crippen LogP contribution in [0.1, 0.15) is 0 Å². The van der Waals surface area contributed by atoms with Crippen LogP contribution in [0.3, 0.4) is 0 Å². The Balaban J connectivity index is 3.28. The molecule has 0 aromatic carbocycles. The molecule has 0 aliphatic heterocycles. The molecule has 0 saturated heterocycles. The van der Waals surface area contributed by atoms with Crippen LogP contribution in [0.15, 0.2) is 0 Å². The third-order valence-electron chi connectivity index (χ3n) is 1.31. The molecule has 0 radical (unpaired) electrons. The highest BCUT2D eigenvalue weighted by molar-refractivity contribution is 6.82. The molecule has 1 nitrogen and oxygen atoms in total. The molecule has 0 aliphatic rings. The van der Waals surface area contributed by atoms with Gasteiger partial charge in [0.25, 0.3) is 0 Å². The molecule has 0 bridgehead atoms. The third-order valence-corrected chi connectivity index (χ3v) is 9.10. The van der Waals surface area contributed by atoms with Crippen molar-refractivity contribution in [1.29, 1.82) is 0 Å². The molecule has 9 heavy (non-hydrogen) atoms. The van der Waals surface area contributed by atoms with Gasteiger partial charge in [-0.05, 0) is 14.1 Å². The summed E-state index contributed by atoms with van der Waals surface area (Å²) in [4.78, 5) is 0. The summed E-state index contributed by atoms with van der Waals surface area (Å²) in [6.45, 7) is 7.34. The largest absolute Gasteiger partial charge is 0.335 e. The number of hydrogen-bond acceptors (Lipinski definition) is 1. The Morgan fingerprint density at radius 1 is 1.22 bits per heavy atom. The predicted molar refractivity (Wildman–Crippen MR) is 50.4 cm³/mol. The van der Waals surface area contributed by atoms with Crippen molar-refractivity contribution in [1.82, 2.24) is 4.57 Å². The van der Waals surface area contributed by atoms with Gasteiger partial charge in [-0.25, -0.2) is 0 Å². The van der Waals surface area contributed by atoms with E-state index in [1.807, 2.05) is 0 Å². The Morgan fingerprint density at radius 2 is 1.67 bits per heavy atom. The van der Waals surface area contributed by atoms with Crippen molar-refractivity contribution in [2.45, 2.75) is 25.3 Å². The molecule has 0 N–H and O–H groups in total. The van der Waals surface area contributed by atoms with Crippen LogP contribution < -0.4 is 0 Å². The molecule has 0 amide bonds. The number of rotatable bonds is 3. The Morgan fingerprint density at radius 3 is 1.78 bits per heavy atom. The van der Waals surface area contributed by atoms with Gasteiger partial charge < -0.3 is 4.57 Å². The van der Waals surface area contributed by atoms with Crippen LogP contribution in [0.4, 0.5) is 0 Å². The number of nitrogens with zero attached hydrogens (tertiary/aromatic N) is 1. The summed E-state index contributed by atoms with van der Waals surface area (Å²) in [7, 11) is 3.84. The highest BCUT2D eigenvalue weighted by Crippen LogP contribution is 2.05. The molecule has 56 valence electrons. The van der Waals surface area contributed by atoms with E-state index in [4.69, 9.17) is 0 Å². The van der Waals surface area contributed by atoms with Gasteiger partial charge in [0.15, 0.2) is 0 Å². The second kappa shape index (κ2) is 3.53. The topological polar surface area (TPSA) is 3.24 Å². The lowest BCUT2D eigenvalue weighted by atomic mass is 11.3. The highest BCUT2D eigenvalue weighted by Gasteiger charge is 2.12. The van der Waals surface area contributed by atoms with Gasteiger partial charge in [-0.1, -0.05) is 25.3 Å². The third kappa shape index (κ3) is 8.39. The lowest BCUT2D eigenvalue weighted by molar-refractivity contribution is 0.662. The van der Waals surface area contributed by atoms with Crippen LogP contribution in [0, 0.1) is 0 Å². The van der Waals surface area contributed by atoms with Crippen molar-refractivity contribution >= 4 is 17.8 Å². The van der Waals surface area contributed by atoms with Crippen LogP contribution in [-0.4, -0.2) is 36.4 Å². The molecular weight excluding hydrogens is 142 g/mol. The fraction of sp³-hybridized carbons (Fsp3) is 1.00. The second-order valence-corrected chi connectivity index (χ2v) is 12.9. The van der Waals surface area contributed by atoms with E-state index < -0.39 is 8.07 Å². The minimum absolute atomic E-state index is 0.137. The monoisotopic (exact) mass is 161 g/mol. The summed E-state index contributed by atoms with van der Waals surface area (Å²) in [6.07, 6.45) is 0. The van der Waals surface area contributed by atoms with E-state index in [9.17, 15) is 0 Å². The van der Waals surface area contributed by atoms with Gasteiger partial charge in [-0.3, -0.25) is 0 Å². The van der Waals surface area contributed by atoms with E-state index in [0.717, 1.165) is 0 Å². The first kappa shape index (κ1) is 9.39. The molecule has 0 unspecified atom stereocenters. The van der Waals surface area contributed by atoms with Gasteiger partial charge in [0.2, 0.25) is 0 Å². The van der Waals surface area contributed by atoms with Crippen molar-refractivity contribution in [3.05, 3.63) is 0 Å². The van der Waals surface area contributed by atoms with Crippen molar-refractivity contribution in [2.24, 2.45) is 0 Å². The van der Waals surface area contributed by atoms with Gasteiger partial charge in [0.05, 0.1) is 9.68 Å². The second-order valence-electron chi connectivity index (χ2n) is 4.11. The average Bonchev–Trinajstić information content (AvgIpc) is 1.59. The fourth-order valence-corrected chi connectivity index (χ4v) is 5.03. The van der Waals surface area contributed by atoms with Crippen LogP contribution in [0.25, 0.3) is 0 Å². The molecular formula is C6H19NSi2. The molecule has 0 heterocycles. The van der Waals surface area contributed by atoms with Crippen LogP contribution in [0.5, 0.6) is 0 Å². The van der Waals surface area contributed by atoms with Crippen LogP contribution in [-0.2, 0) is 0 Å². The van der Waals surface area contributed by atoms with Crippen molar-refractivity contribution in [3.63, 3.8) is 0 Å². The Kier molecular flexibility index (Phi) is 3.69. The summed E-state index contributed by atoms with van der Waals surface area (Å²) in [5.41, 5.74) is 1.56. The summed E-state index contributed by atoms with van der Waals surface area (Å²) < 4.78 is 2.40. The summed E-state index contributed by atoms with van der Waals surface area (Å²) >= 11 is 0. The summed E-state index contributed by atoms with van der Waals surface area (Å²) in [6, 6.07) is 0. The Labute approximate surface area is 62.4 Å². The zero-order chi connectivity index (χ0) is 7.49. The van der Waals surface area contributed by atoms with Crippen LogP contribution in [0.2, 0.25) is 25.3 Å². The van der Waals surface area contributed by atoms with Crippen LogP contribution >= 0.6 is 0 Å². The first-order valence-corrected chi connectivity index (χ1v) is 8.90. The zero-order valence-corrected chi connectivity index (χ0v) is 9.78. The summed E-state index contributed by atoms with van der Waals surface area (Å²) in [5, 5.41) is 0. The normalized spacial score (nSPS) is 14.0. The van der Waals surface area contributed by atoms with Crippen molar-refractivity contribution < 1.29 is 0 Å². The number of hydrogen-bond donors (Lipinski definition) is 0. The minimum Gasteiger partial charge on any atom is -0.335 e. The first-order chi connectivity index (χ1) is 3.92. The standard InChI is InChI=1S/C6H19NSi2/c1-7(2)8-6-9(3,4)5/h6,8H2,1-5H3. The smallest absolute Gasteiger partial charge is 0.0917 e. The van der Waals surface area contributed by atoms with E-state index in [1.165, 1.54) is 0 Å². The van der Waals surface area contributed by atoms with Gasteiger partial charge in [0.1, 0.15) is 0 Å². The SMILES string of the molecule is CN(C)[SiH2]C[Si](C)(C)C. The molecule has 3 heteroatoms. The highest BCUT2D eigenvalue weighted by atomic mass is 28.4. The Hall–Kier alpha value is 0.394. The van der Waals surface area contributed by atoms with E-state index >= 15 is 0 Å². The average molecular weight is 161 g/mol. The Bertz CT molecular complexity index is 75.6. The lowest BCUT2D eigenvalue weighted by Crippen LogP contribution is -2.29. The first-order valence-electron chi connectivity index (χ1n) is 3.56. The van der Waals surface area contributed by atoms with Crippen molar-refractivity contribution in [2.75, 3.05) is 14.1 Å². The molecule has 0 aromatic rings. The zero-order valence-electron chi connectivity index (χ0n) is 7.36. The molecule has 0 atom stereocenters. The molecule has 0 spiro atoms. The molecule has 0 rings (SSSR count). The fourth-order valence-electron chi connectivity index (χ4n) is 0.559. The maximum Gasteiger partial charge on any atom is 0.0917 e. The van der Waals surface area contributed by atoms with Gasteiger partial charge >= 0.3 is 0 Å². The molecule has 0 saturated carbocycles. The molecule has 0 aliphatic carbocycles. The van der Waals surface area contributed by atoms with E-state index in [0.29, 0.717) is 0 Å².